The summed E-state index contributed by atoms with van der Waals surface area (Å²) in [6, 6.07) is 0. The maximum Gasteiger partial charge on any atom is 0.219 e. The molecule has 0 spiro atoms. The summed E-state index contributed by atoms with van der Waals surface area (Å²) in [6.45, 7) is 6.74. The Hall–Kier alpha value is -1.05. The van der Waals surface area contributed by atoms with Gasteiger partial charge < -0.3 is 5.32 Å². The maximum absolute atomic E-state index is 11.6. The smallest absolute Gasteiger partial charge is 0.219 e. The highest BCUT2D eigenvalue weighted by atomic mass is 16.1. The van der Waals surface area contributed by atoms with Crippen LogP contribution < -0.4 is 5.32 Å². The van der Waals surface area contributed by atoms with E-state index in [1.807, 2.05) is 6.08 Å². The molecule has 0 aromatic rings. The fourth-order valence-electron chi connectivity index (χ4n) is 2.92. The van der Waals surface area contributed by atoms with Crippen LogP contribution in [0.4, 0.5) is 0 Å². The average molecular weight is 350 g/mol. The minimum Gasteiger partial charge on any atom is -0.356 e. The third kappa shape index (κ3) is 20.9. The molecular weight excluding hydrogens is 306 g/mol. The lowest BCUT2D eigenvalue weighted by atomic mass is 10.1. The van der Waals surface area contributed by atoms with Crippen molar-refractivity contribution in [3.05, 3.63) is 24.8 Å². The number of carbonyl (C=O) groups excluding carboxylic acids is 1. The highest BCUT2D eigenvalue weighted by molar-refractivity contribution is 5.75. The Balaban J connectivity index is 3.18. The van der Waals surface area contributed by atoms with E-state index in [1.54, 1.807) is 0 Å². The number of amides is 1. The Morgan fingerprint density at radius 1 is 0.760 bits per heavy atom. The number of nitrogens with one attached hydrogen (secondary N) is 1. The van der Waals surface area contributed by atoms with Gasteiger partial charge in [0.15, 0.2) is 0 Å². The molecule has 0 atom stereocenters. The molecule has 1 N–H and O–H groups in total. The van der Waals surface area contributed by atoms with Crippen LogP contribution in [0.2, 0.25) is 0 Å². The molecule has 2 heteroatoms. The van der Waals surface area contributed by atoms with E-state index in [0.29, 0.717) is 6.42 Å². The van der Waals surface area contributed by atoms with Crippen molar-refractivity contribution >= 4 is 5.91 Å². The molecule has 0 unspecified atom stereocenters. The Labute approximate surface area is 157 Å². The second-order valence-electron chi connectivity index (χ2n) is 7.12. The average Bonchev–Trinajstić information content (AvgIpc) is 2.62. The van der Waals surface area contributed by atoms with Gasteiger partial charge in [0, 0.05) is 13.0 Å². The summed E-state index contributed by atoms with van der Waals surface area (Å²) in [6.07, 6.45) is 26.2. The van der Waals surface area contributed by atoms with Crippen molar-refractivity contribution < 1.29 is 4.79 Å². The van der Waals surface area contributed by atoms with Gasteiger partial charge in [-0.3, -0.25) is 4.79 Å². The van der Waals surface area contributed by atoms with E-state index in [0.717, 1.165) is 25.8 Å². The van der Waals surface area contributed by atoms with Crippen molar-refractivity contribution in [3.63, 3.8) is 0 Å². The molecule has 0 bridgehead atoms. The van der Waals surface area contributed by atoms with Gasteiger partial charge in [0.1, 0.15) is 0 Å². The van der Waals surface area contributed by atoms with Crippen LogP contribution in [0.5, 0.6) is 0 Å². The zero-order valence-corrected chi connectivity index (χ0v) is 16.9. The summed E-state index contributed by atoms with van der Waals surface area (Å²) in [4.78, 5) is 11.6. The summed E-state index contributed by atoms with van der Waals surface area (Å²) in [5.74, 6) is 0.210. The molecular formula is C23H43NO. The van der Waals surface area contributed by atoms with E-state index in [2.05, 4.69) is 31.0 Å². The quantitative estimate of drug-likeness (QED) is 0.195. The SMILES string of the molecule is C=CCCCNC(=O)CCCCCCCC=CCCCCCCCC. The van der Waals surface area contributed by atoms with Crippen molar-refractivity contribution in [1.82, 2.24) is 5.32 Å². The van der Waals surface area contributed by atoms with Crippen molar-refractivity contribution in [3.8, 4) is 0 Å². The lowest BCUT2D eigenvalue weighted by Gasteiger charge is -2.04. The molecule has 0 rings (SSSR count). The van der Waals surface area contributed by atoms with Gasteiger partial charge in [-0.05, 0) is 44.9 Å². The fraction of sp³-hybridized carbons (Fsp3) is 0.783. The predicted molar refractivity (Wildman–Crippen MR) is 112 cm³/mol. The summed E-state index contributed by atoms with van der Waals surface area (Å²) < 4.78 is 0. The molecule has 0 saturated carbocycles. The fourth-order valence-corrected chi connectivity index (χ4v) is 2.92. The first kappa shape index (κ1) is 23.9. The molecule has 2 nitrogen and oxygen atoms in total. The van der Waals surface area contributed by atoms with Crippen molar-refractivity contribution in [2.45, 2.75) is 110 Å². The van der Waals surface area contributed by atoms with Gasteiger partial charge in [-0.2, -0.15) is 0 Å². The minimum atomic E-state index is 0.210. The van der Waals surface area contributed by atoms with Crippen LogP contribution in [0.25, 0.3) is 0 Å². The van der Waals surface area contributed by atoms with Crippen molar-refractivity contribution in [1.29, 1.82) is 0 Å². The van der Waals surface area contributed by atoms with E-state index in [9.17, 15) is 4.79 Å². The van der Waals surface area contributed by atoms with Gasteiger partial charge in [0.25, 0.3) is 0 Å². The Kier molecular flexibility index (Phi) is 20.1. The number of allylic oxidation sites excluding steroid dienone is 3. The van der Waals surface area contributed by atoms with E-state index in [-0.39, 0.29) is 5.91 Å². The molecule has 0 saturated heterocycles. The molecule has 25 heavy (non-hydrogen) atoms. The van der Waals surface area contributed by atoms with Crippen LogP contribution in [0.3, 0.4) is 0 Å². The lowest BCUT2D eigenvalue weighted by molar-refractivity contribution is -0.121. The largest absolute Gasteiger partial charge is 0.356 e. The topological polar surface area (TPSA) is 29.1 Å². The van der Waals surface area contributed by atoms with Crippen molar-refractivity contribution in [2.24, 2.45) is 0 Å². The van der Waals surface area contributed by atoms with Crippen molar-refractivity contribution in [2.75, 3.05) is 6.54 Å². The van der Waals surface area contributed by atoms with Gasteiger partial charge in [0.2, 0.25) is 5.91 Å². The van der Waals surface area contributed by atoms with Gasteiger partial charge in [0.05, 0.1) is 0 Å². The summed E-state index contributed by atoms with van der Waals surface area (Å²) in [7, 11) is 0. The number of hydrogen-bond acceptors (Lipinski definition) is 1. The summed E-state index contributed by atoms with van der Waals surface area (Å²) in [5.41, 5.74) is 0. The van der Waals surface area contributed by atoms with E-state index < -0.39 is 0 Å². The van der Waals surface area contributed by atoms with Crippen LogP contribution in [-0.4, -0.2) is 12.5 Å². The normalized spacial score (nSPS) is 11.1. The first-order chi connectivity index (χ1) is 12.3. The molecule has 1 amide bonds. The first-order valence-corrected chi connectivity index (χ1v) is 10.8. The number of carbonyl (C=O) groups is 1. The second kappa shape index (κ2) is 21.0. The van der Waals surface area contributed by atoms with E-state index >= 15 is 0 Å². The summed E-state index contributed by atoms with van der Waals surface area (Å²) >= 11 is 0. The molecule has 0 aliphatic heterocycles. The highest BCUT2D eigenvalue weighted by Gasteiger charge is 1.99. The zero-order valence-electron chi connectivity index (χ0n) is 16.9. The zero-order chi connectivity index (χ0) is 18.4. The Bertz CT molecular complexity index is 322. The Morgan fingerprint density at radius 2 is 1.32 bits per heavy atom. The summed E-state index contributed by atoms with van der Waals surface area (Å²) in [5, 5.41) is 2.97. The standard InChI is InChI=1S/C23H43NO/c1-3-5-7-8-9-10-11-12-13-14-15-16-17-18-19-21-23(25)24-22-20-6-4-2/h4,12-13H,2-3,5-11,14-22H2,1H3,(H,24,25). The van der Waals surface area contributed by atoms with Gasteiger partial charge in [-0.15, -0.1) is 6.58 Å². The third-order valence-corrected chi connectivity index (χ3v) is 4.57. The van der Waals surface area contributed by atoms with E-state index in [4.69, 9.17) is 0 Å². The molecule has 0 fully saturated rings. The third-order valence-electron chi connectivity index (χ3n) is 4.57. The van der Waals surface area contributed by atoms with Crippen LogP contribution in [0, 0.1) is 0 Å². The number of unbranched alkanes of at least 4 members (excludes halogenated alkanes) is 12. The molecule has 0 aliphatic carbocycles. The van der Waals surface area contributed by atoms with Gasteiger partial charge >= 0.3 is 0 Å². The van der Waals surface area contributed by atoms with Gasteiger partial charge in [-0.25, -0.2) is 0 Å². The second-order valence-corrected chi connectivity index (χ2v) is 7.12. The van der Waals surface area contributed by atoms with E-state index in [1.165, 1.54) is 77.0 Å². The van der Waals surface area contributed by atoms with Crippen LogP contribution in [0.15, 0.2) is 24.8 Å². The lowest BCUT2D eigenvalue weighted by Crippen LogP contribution is -2.23. The van der Waals surface area contributed by atoms with Gasteiger partial charge in [-0.1, -0.05) is 76.5 Å². The molecule has 0 aliphatic rings. The molecule has 0 aromatic carbocycles. The number of hydrogen-bond donors (Lipinski definition) is 1. The Morgan fingerprint density at radius 3 is 1.92 bits per heavy atom. The number of rotatable bonds is 19. The minimum absolute atomic E-state index is 0.210. The molecule has 146 valence electrons. The van der Waals surface area contributed by atoms with Crippen LogP contribution in [0.1, 0.15) is 110 Å². The molecule has 0 aromatic heterocycles. The maximum atomic E-state index is 11.6. The first-order valence-electron chi connectivity index (χ1n) is 10.8. The molecule has 0 heterocycles. The van der Waals surface area contributed by atoms with Crippen LogP contribution >= 0.6 is 0 Å². The van der Waals surface area contributed by atoms with Crippen LogP contribution in [-0.2, 0) is 4.79 Å². The predicted octanol–water partition coefficient (Wildman–Crippen LogP) is 7.11. The molecule has 0 radical (unpaired) electrons. The highest BCUT2D eigenvalue weighted by Crippen LogP contribution is 2.09. The monoisotopic (exact) mass is 349 g/mol.